The third kappa shape index (κ3) is 4.85. The zero-order chi connectivity index (χ0) is 25.9. The first kappa shape index (κ1) is 25.0. The highest BCUT2D eigenvalue weighted by molar-refractivity contribution is 5.82. The lowest BCUT2D eigenvalue weighted by atomic mass is 9.88. The predicted octanol–water partition coefficient (Wildman–Crippen LogP) is 6.58. The quantitative estimate of drug-likeness (QED) is 0.272. The molecule has 0 amide bonds. The molecule has 0 saturated heterocycles. The fourth-order valence-electron chi connectivity index (χ4n) is 5.71. The van der Waals surface area contributed by atoms with Crippen molar-refractivity contribution in [1.29, 1.82) is 0 Å². The van der Waals surface area contributed by atoms with Gasteiger partial charge in [-0.2, -0.15) is 9.78 Å². The summed E-state index contributed by atoms with van der Waals surface area (Å²) in [6.07, 6.45) is 7.53. The molecule has 0 atom stereocenters. The molecule has 4 aromatic rings. The standard InChI is InChI=1S/C31H37N5O/c1-5-34(6-2)26-16-18-27(19-17-26)35-22(3)20-25(23(35)4)21-32-36-30(24-12-8-7-9-13-24)33-29-15-11-10-14-28(29)31(36)37/h10-11,14-21,24H,5-9,12-13H2,1-4H3. The van der Waals surface area contributed by atoms with Crippen LogP contribution in [0.2, 0.25) is 0 Å². The highest BCUT2D eigenvalue weighted by Crippen LogP contribution is 2.32. The number of fused-ring (bicyclic) bond motifs is 1. The molecule has 37 heavy (non-hydrogen) atoms. The van der Waals surface area contributed by atoms with Gasteiger partial charge in [-0.05, 0) is 83.0 Å². The Bertz CT molecular complexity index is 1470. The van der Waals surface area contributed by atoms with Gasteiger partial charge in [0, 0.05) is 47.3 Å². The van der Waals surface area contributed by atoms with Crippen molar-refractivity contribution in [3.05, 3.63) is 87.7 Å². The maximum absolute atomic E-state index is 13.5. The molecular formula is C31H37N5O. The summed E-state index contributed by atoms with van der Waals surface area (Å²) in [5, 5.41) is 5.38. The molecule has 2 aromatic carbocycles. The van der Waals surface area contributed by atoms with E-state index in [0.29, 0.717) is 5.39 Å². The molecule has 0 unspecified atom stereocenters. The maximum Gasteiger partial charge on any atom is 0.282 e. The zero-order valence-corrected chi connectivity index (χ0v) is 22.4. The molecule has 192 valence electrons. The maximum atomic E-state index is 13.5. The van der Waals surface area contributed by atoms with Crippen LogP contribution in [0.4, 0.5) is 5.69 Å². The van der Waals surface area contributed by atoms with Gasteiger partial charge in [0.15, 0.2) is 0 Å². The van der Waals surface area contributed by atoms with E-state index in [4.69, 9.17) is 10.1 Å². The summed E-state index contributed by atoms with van der Waals surface area (Å²) in [5.41, 5.74) is 6.24. The van der Waals surface area contributed by atoms with E-state index < -0.39 is 0 Å². The third-order valence-electron chi connectivity index (χ3n) is 7.77. The van der Waals surface area contributed by atoms with Gasteiger partial charge in [0.1, 0.15) is 5.82 Å². The summed E-state index contributed by atoms with van der Waals surface area (Å²) in [6, 6.07) is 18.5. The molecule has 0 aliphatic heterocycles. The summed E-state index contributed by atoms with van der Waals surface area (Å²) in [5.74, 6) is 1.06. The minimum absolute atomic E-state index is 0.0942. The molecule has 1 saturated carbocycles. The average Bonchev–Trinajstić information content (AvgIpc) is 3.22. The molecule has 5 rings (SSSR count). The van der Waals surface area contributed by atoms with Gasteiger partial charge in [0.2, 0.25) is 0 Å². The second-order valence-corrected chi connectivity index (χ2v) is 10.0. The fraction of sp³-hybridized carbons (Fsp3) is 0.387. The molecule has 6 heteroatoms. The van der Waals surface area contributed by atoms with E-state index in [9.17, 15) is 4.79 Å². The molecule has 1 fully saturated rings. The van der Waals surface area contributed by atoms with Crippen LogP contribution in [0, 0.1) is 13.8 Å². The van der Waals surface area contributed by atoms with Gasteiger partial charge in [0.05, 0.1) is 17.1 Å². The van der Waals surface area contributed by atoms with Gasteiger partial charge in [-0.1, -0.05) is 31.4 Å². The lowest BCUT2D eigenvalue weighted by Crippen LogP contribution is -2.25. The Morgan fingerprint density at radius 2 is 1.70 bits per heavy atom. The number of para-hydroxylation sites is 1. The largest absolute Gasteiger partial charge is 0.372 e. The molecule has 0 N–H and O–H groups in total. The number of rotatable bonds is 7. The van der Waals surface area contributed by atoms with Crippen LogP contribution in [0.15, 0.2) is 64.5 Å². The number of aryl methyl sites for hydroxylation is 1. The predicted molar refractivity (Wildman–Crippen MR) is 154 cm³/mol. The Kier molecular flexibility index (Phi) is 7.26. The smallest absolute Gasteiger partial charge is 0.282 e. The molecule has 0 bridgehead atoms. The topological polar surface area (TPSA) is 55.4 Å². The Morgan fingerprint density at radius 3 is 2.41 bits per heavy atom. The monoisotopic (exact) mass is 495 g/mol. The van der Waals surface area contributed by atoms with E-state index in [1.54, 1.807) is 4.68 Å². The number of aromatic nitrogens is 3. The Balaban J connectivity index is 1.53. The molecule has 2 heterocycles. The van der Waals surface area contributed by atoms with Crippen molar-refractivity contribution in [3.8, 4) is 5.69 Å². The van der Waals surface area contributed by atoms with Gasteiger partial charge in [-0.25, -0.2) is 4.98 Å². The molecule has 2 aromatic heterocycles. The SMILES string of the molecule is CCN(CC)c1ccc(-n2c(C)cc(C=Nn3c(C4CCCCC4)nc4ccccc4c3=O)c2C)cc1. The van der Waals surface area contributed by atoms with Crippen molar-refractivity contribution in [1.82, 2.24) is 14.2 Å². The Morgan fingerprint density at radius 1 is 1.00 bits per heavy atom. The van der Waals surface area contributed by atoms with Gasteiger partial charge in [0.25, 0.3) is 5.56 Å². The normalized spacial score (nSPS) is 14.6. The highest BCUT2D eigenvalue weighted by Gasteiger charge is 2.22. The second kappa shape index (κ2) is 10.8. The minimum atomic E-state index is -0.0942. The number of anilines is 1. The summed E-state index contributed by atoms with van der Waals surface area (Å²) in [4.78, 5) is 20.8. The molecule has 0 radical (unpaired) electrons. The highest BCUT2D eigenvalue weighted by atomic mass is 16.1. The molecule has 6 nitrogen and oxygen atoms in total. The summed E-state index contributed by atoms with van der Waals surface area (Å²) in [7, 11) is 0. The minimum Gasteiger partial charge on any atom is -0.372 e. The van der Waals surface area contributed by atoms with E-state index in [1.165, 1.54) is 24.9 Å². The van der Waals surface area contributed by atoms with Crippen molar-refractivity contribution in [2.45, 2.75) is 65.7 Å². The van der Waals surface area contributed by atoms with Crippen molar-refractivity contribution in [2.75, 3.05) is 18.0 Å². The van der Waals surface area contributed by atoms with Crippen molar-refractivity contribution in [2.24, 2.45) is 5.10 Å². The first-order valence-corrected chi connectivity index (χ1v) is 13.6. The molecule has 1 aliphatic carbocycles. The van der Waals surface area contributed by atoms with E-state index in [2.05, 4.69) is 67.5 Å². The van der Waals surface area contributed by atoms with Crippen LogP contribution < -0.4 is 10.5 Å². The van der Waals surface area contributed by atoms with Crippen LogP contribution in [-0.2, 0) is 0 Å². The van der Waals surface area contributed by atoms with Crippen molar-refractivity contribution in [3.63, 3.8) is 0 Å². The van der Waals surface area contributed by atoms with Gasteiger partial charge in [-0.15, -0.1) is 0 Å². The summed E-state index contributed by atoms with van der Waals surface area (Å²) < 4.78 is 3.81. The van der Waals surface area contributed by atoms with Crippen LogP contribution >= 0.6 is 0 Å². The van der Waals surface area contributed by atoms with Crippen LogP contribution in [0.1, 0.15) is 74.6 Å². The van der Waals surface area contributed by atoms with Gasteiger partial charge >= 0.3 is 0 Å². The van der Waals surface area contributed by atoms with E-state index in [0.717, 1.165) is 59.9 Å². The number of hydrogen-bond donors (Lipinski definition) is 0. The van der Waals surface area contributed by atoms with Crippen molar-refractivity contribution >= 4 is 22.8 Å². The molecule has 0 spiro atoms. The molecular weight excluding hydrogens is 458 g/mol. The number of nitrogens with zero attached hydrogens (tertiary/aromatic N) is 5. The van der Waals surface area contributed by atoms with Crippen molar-refractivity contribution < 1.29 is 0 Å². The fourth-order valence-corrected chi connectivity index (χ4v) is 5.71. The van der Waals surface area contributed by atoms with Crippen LogP contribution in [0.5, 0.6) is 0 Å². The Hall–Kier alpha value is -3.67. The van der Waals surface area contributed by atoms with E-state index >= 15 is 0 Å². The second-order valence-electron chi connectivity index (χ2n) is 10.0. The number of benzene rings is 2. The van der Waals surface area contributed by atoms with Gasteiger partial charge in [-0.3, -0.25) is 4.79 Å². The zero-order valence-electron chi connectivity index (χ0n) is 22.4. The number of hydrogen-bond acceptors (Lipinski definition) is 4. The first-order valence-electron chi connectivity index (χ1n) is 13.6. The lowest BCUT2D eigenvalue weighted by Gasteiger charge is -2.22. The van der Waals surface area contributed by atoms with Crippen LogP contribution in [0.3, 0.4) is 0 Å². The van der Waals surface area contributed by atoms with Crippen LogP contribution in [0.25, 0.3) is 16.6 Å². The van der Waals surface area contributed by atoms with E-state index in [1.807, 2.05) is 30.5 Å². The van der Waals surface area contributed by atoms with E-state index in [-0.39, 0.29) is 11.5 Å². The van der Waals surface area contributed by atoms with Gasteiger partial charge < -0.3 is 9.47 Å². The average molecular weight is 496 g/mol. The summed E-state index contributed by atoms with van der Waals surface area (Å²) >= 11 is 0. The molecule has 1 aliphatic rings. The first-order chi connectivity index (χ1) is 18.0. The lowest BCUT2D eigenvalue weighted by molar-refractivity contribution is 0.416. The third-order valence-corrected chi connectivity index (χ3v) is 7.77. The summed E-state index contributed by atoms with van der Waals surface area (Å²) in [6.45, 7) is 10.6. The Labute approximate surface area is 219 Å². The van der Waals surface area contributed by atoms with Crippen LogP contribution in [-0.4, -0.2) is 33.5 Å².